The Balaban J connectivity index is 2.06. The lowest BCUT2D eigenvalue weighted by molar-refractivity contribution is -0.142. The number of benzene rings is 2. The van der Waals surface area contributed by atoms with E-state index in [1.807, 2.05) is 18.2 Å². The lowest BCUT2D eigenvalue weighted by Crippen LogP contribution is -1.99. The first kappa shape index (κ1) is 15.3. The van der Waals surface area contributed by atoms with Crippen LogP contribution in [0.5, 0.6) is 0 Å². The molecule has 0 aliphatic heterocycles. The van der Waals surface area contributed by atoms with Crippen LogP contribution in [0.2, 0.25) is 0 Å². The predicted octanol–water partition coefficient (Wildman–Crippen LogP) is 3.49. The SMILES string of the molecule is COCc1cccc(Cc2cccc(COC(C)=O)c2)c1. The van der Waals surface area contributed by atoms with Crippen LogP contribution >= 0.6 is 0 Å². The predicted molar refractivity (Wildman–Crippen MR) is 81.9 cm³/mol. The average molecular weight is 284 g/mol. The molecule has 0 spiro atoms. The number of methoxy groups -OCH3 is 1. The van der Waals surface area contributed by atoms with E-state index in [1.54, 1.807) is 7.11 Å². The Morgan fingerprint density at radius 1 is 0.905 bits per heavy atom. The van der Waals surface area contributed by atoms with Gasteiger partial charge < -0.3 is 9.47 Å². The van der Waals surface area contributed by atoms with Crippen LogP contribution in [0.15, 0.2) is 48.5 Å². The van der Waals surface area contributed by atoms with E-state index in [9.17, 15) is 4.79 Å². The number of carbonyl (C=O) groups is 1. The van der Waals surface area contributed by atoms with E-state index in [2.05, 4.69) is 30.3 Å². The third kappa shape index (κ3) is 5.04. The molecule has 0 amide bonds. The van der Waals surface area contributed by atoms with Crippen LogP contribution in [-0.2, 0) is 33.9 Å². The average Bonchev–Trinajstić information content (AvgIpc) is 2.46. The molecule has 0 saturated heterocycles. The van der Waals surface area contributed by atoms with Gasteiger partial charge in [0.2, 0.25) is 0 Å². The maximum absolute atomic E-state index is 10.9. The molecule has 0 radical (unpaired) electrons. The minimum atomic E-state index is -0.257. The van der Waals surface area contributed by atoms with Crippen molar-refractivity contribution < 1.29 is 14.3 Å². The summed E-state index contributed by atoms with van der Waals surface area (Å²) >= 11 is 0. The summed E-state index contributed by atoms with van der Waals surface area (Å²) in [4.78, 5) is 10.9. The zero-order valence-electron chi connectivity index (χ0n) is 12.5. The highest BCUT2D eigenvalue weighted by atomic mass is 16.5. The van der Waals surface area contributed by atoms with Gasteiger partial charge in [-0.15, -0.1) is 0 Å². The standard InChI is InChI=1S/C18H20O3/c1-14(19)21-13-18-8-4-6-16(11-18)9-15-5-3-7-17(10-15)12-20-2/h3-8,10-11H,9,12-13H2,1-2H3. The Labute approximate surface area is 125 Å². The van der Waals surface area contributed by atoms with E-state index in [-0.39, 0.29) is 5.97 Å². The lowest BCUT2D eigenvalue weighted by Gasteiger charge is -2.07. The molecule has 0 aliphatic rings. The minimum Gasteiger partial charge on any atom is -0.461 e. The molecule has 0 saturated carbocycles. The van der Waals surface area contributed by atoms with Crippen molar-refractivity contribution in [3.05, 3.63) is 70.8 Å². The van der Waals surface area contributed by atoms with Crippen molar-refractivity contribution in [2.45, 2.75) is 26.6 Å². The van der Waals surface area contributed by atoms with Crippen molar-refractivity contribution in [2.75, 3.05) is 7.11 Å². The summed E-state index contributed by atoms with van der Waals surface area (Å²) in [5, 5.41) is 0. The highest BCUT2D eigenvalue weighted by Crippen LogP contribution is 2.14. The molecule has 0 bridgehead atoms. The van der Waals surface area contributed by atoms with Crippen LogP contribution in [0.25, 0.3) is 0 Å². The van der Waals surface area contributed by atoms with E-state index < -0.39 is 0 Å². The van der Waals surface area contributed by atoms with Gasteiger partial charge >= 0.3 is 5.97 Å². The first-order chi connectivity index (χ1) is 10.2. The maximum Gasteiger partial charge on any atom is 0.302 e. The molecule has 0 aliphatic carbocycles. The fourth-order valence-electron chi connectivity index (χ4n) is 2.25. The van der Waals surface area contributed by atoms with E-state index in [1.165, 1.54) is 23.6 Å². The van der Waals surface area contributed by atoms with E-state index in [0.29, 0.717) is 13.2 Å². The van der Waals surface area contributed by atoms with E-state index in [0.717, 1.165) is 12.0 Å². The monoisotopic (exact) mass is 284 g/mol. The van der Waals surface area contributed by atoms with Gasteiger partial charge in [-0.1, -0.05) is 48.5 Å². The Morgan fingerprint density at radius 2 is 1.43 bits per heavy atom. The normalized spacial score (nSPS) is 10.4. The summed E-state index contributed by atoms with van der Waals surface area (Å²) in [6, 6.07) is 16.5. The molecule has 0 atom stereocenters. The van der Waals surface area contributed by atoms with Gasteiger partial charge in [0.15, 0.2) is 0 Å². The maximum atomic E-state index is 10.9. The van der Waals surface area contributed by atoms with Gasteiger partial charge in [-0.3, -0.25) is 4.79 Å². The summed E-state index contributed by atoms with van der Waals surface area (Å²) in [7, 11) is 1.70. The highest BCUT2D eigenvalue weighted by Gasteiger charge is 2.01. The smallest absolute Gasteiger partial charge is 0.302 e. The molecule has 0 N–H and O–H groups in total. The molecule has 0 aromatic heterocycles. The van der Waals surface area contributed by atoms with Crippen LogP contribution in [-0.4, -0.2) is 13.1 Å². The van der Waals surface area contributed by atoms with Crippen LogP contribution in [0.4, 0.5) is 0 Å². The van der Waals surface area contributed by atoms with Gasteiger partial charge in [-0.25, -0.2) is 0 Å². The number of hydrogen-bond donors (Lipinski definition) is 0. The lowest BCUT2D eigenvalue weighted by atomic mass is 10.0. The molecule has 3 heteroatoms. The summed E-state index contributed by atoms with van der Waals surface area (Å²) in [6.07, 6.45) is 0.853. The number of ether oxygens (including phenoxy) is 2. The zero-order chi connectivity index (χ0) is 15.1. The summed E-state index contributed by atoms with van der Waals surface area (Å²) in [6.45, 7) is 2.37. The summed E-state index contributed by atoms with van der Waals surface area (Å²) < 4.78 is 10.2. The largest absolute Gasteiger partial charge is 0.461 e. The molecule has 110 valence electrons. The molecule has 2 rings (SSSR count). The van der Waals surface area contributed by atoms with Crippen molar-refractivity contribution in [3.8, 4) is 0 Å². The van der Waals surface area contributed by atoms with Crippen LogP contribution in [0.3, 0.4) is 0 Å². The van der Waals surface area contributed by atoms with Crippen LogP contribution in [0, 0.1) is 0 Å². The Hall–Kier alpha value is -2.13. The Morgan fingerprint density at radius 3 is 1.95 bits per heavy atom. The van der Waals surface area contributed by atoms with Gasteiger partial charge in [0.05, 0.1) is 6.61 Å². The molecular formula is C18H20O3. The second kappa shape index (κ2) is 7.60. The first-order valence-corrected chi connectivity index (χ1v) is 6.95. The van der Waals surface area contributed by atoms with Crippen molar-refractivity contribution >= 4 is 5.97 Å². The highest BCUT2D eigenvalue weighted by molar-refractivity contribution is 5.65. The molecule has 2 aromatic carbocycles. The number of rotatable bonds is 6. The van der Waals surface area contributed by atoms with Crippen LogP contribution < -0.4 is 0 Å². The molecule has 21 heavy (non-hydrogen) atoms. The van der Waals surface area contributed by atoms with Gasteiger partial charge in [-0.05, 0) is 28.7 Å². The van der Waals surface area contributed by atoms with Crippen molar-refractivity contribution in [1.82, 2.24) is 0 Å². The topological polar surface area (TPSA) is 35.5 Å². The molecule has 3 nitrogen and oxygen atoms in total. The number of esters is 1. The van der Waals surface area contributed by atoms with E-state index >= 15 is 0 Å². The third-order valence-corrected chi connectivity index (χ3v) is 3.14. The summed E-state index contributed by atoms with van der Waals surface area (Å²) in [5.74, 6) is -0.257. The van der Waals surface area contributed by atoms with Gasteiger partial charge in [0, 0.05) is 14.0 Å². The zero-order valence-corrected chi connectivity index (χ0v) is 12.5. The Kier molecular flexibility index (Phi) is 5.52. The molecule has 0 unspecified atom stereocenters. The van der Waals surface area contributed by atoms with Crippen molar-refractivity contribution in [3.63, 3.8) is 0 Å². The van der Waals surface area contributed by atoms with E-state index in [4.69, 9.17) is 9.47 Å². The molecule has 0 heterocycles. The number of carbonyl (C=O) groups excluding carboxylic acids is 1. The van der Waals surface area contributed by atoms with Gasteiger partial charge in [0.25, 0.3) is 0 Å². The van der Waals surface area contributed by atoms with Gasteiger partial charge in [-0.2, -0.15) is 0 Å². The quantitative estimate of drug-likeness (QED) is 0.762. The molecule has 2 aromatic rings. The van der Waals surface area contributed by atoms with Crippen LogP contribution in [0.1, 0.15) is 29.2 Å². The molecule has 0 fully saturated rings. The first-order valence-electron chi connectivity index (χ1n) is 6.95. The summed E-state index contributed by atoms with van der Waals surface area (Å²) in [5.41, 5.74) is 4.63. The third-order valence-electron chi connectivity index (χ3n) is 3.14. The minimum absolute atomic E-state index is 0.257. The second-order valence-electron chi connectivity index (χ2n) is 5.03. The molecular weight excluding hydrogens is 264 g/mol. The fourth-order valence-corrected chi connectivity index (χ4v) is 2.25. The van der Waals surface area contributed by atoms with Gasteiger partial charge in [0.1, 0.15) is 6.61 Å². The van der Waals surface area contributed by atoms with Crippen molar-refractivity contribution in [2.24, 2.45) is 0 Å². The second-order valence-corrected chi connectivity index (χ2v) is 5.03. The number of hydrogen-bond acceptors (Lipinski definition) is 3. The fraction of sp³-hybridized carbons (Fsp3) is 0.278. The van der Waals surface area contributed by atoms with Crippen molar-refractivity contribution in [1.29, 1.82) is 0 Å². The Bertz CT molecular complexity index is 605.